The van der Waals surface area contributed by atoms with Gasteiger partial charge in [-0.05, 0) is 18.6 Å². The van der Waals surface area contributed by atoms with Crippen molar-refractivity contribution in [2.75, 3.05) is 6.54 Å². The minimum Gasteiger partial charge on any atom is -0.480 e. The number of benzene rings is 1. The van der Waals surface area contributed by atoms with E-state index in [2.05, 4.69) is 21.1 Å². The Kier molecular flexibility index (Phi) is 4.92. The second-order valence-electron chi connectivity index (χ2n) is 4.56. The fourth-order valence-electron chi connectivity index (χ4n) is 1.93. The molecule has 0 aliphatic carbocycles. The molecule has 0 unspecified atom stereocenters. The highest BCUT2D eigenvalue weighted by molar-refractivity contribution is 9.10. The highest BCUT2D eigenvalue weighted by atomic mass is 79.9. The Bertz CT molecular complexity index is 598. The Morgan fingerprint density at radius 3 is 2.65 bits per heavy atom. The molecule has 1 aromatic carbocycles. The Balaban J connectivity index is 2.14. The minimum absolute atomic E-state index is 0.0358. The molecule has 0 aliphatic rings. The number of aromatic nitrogens is 1. The van der Waals surface area contributed by atoms with Gasteiger partial charge in [-0.2, -0.15) is 0 Å². The highest BCUT2D eigenvalue weighted by Gasteiger charge is 2.15. The van der Waals surface area contributed by atoms with Crippen LogP contribution in [0.2, 0.25) is 0 Å². The molecule has 20 heavy (non-hydrogen) atoms. The third-order valence-electron chi connectivity index (χ3n) is 2.95. The predicted molar refractivity (Wildman–Crippen MR) is 77.1 cm³/mol. The number of aliphatic carboxylic acids is 1. The molecule has 0 amide bonds. The van der Waals surface area contributed by atoms with Crippen molar-refractivity contribution in [1.29, 1.82) is 0 Å². The van der Waals surface area contributed by atoms with Crippen LogP contribution in [0.1, 0.15) is 16.8 Å². The Morgan fingerprint density at radius 1 is 1.35 bits per heavy atom. The highest BCUT2D eigenvalue weighted by Crippen LogP contribution is 2.19. The van der Waals surface area contributed by atoms with Gasteiger partial charge in [-0.1, -0.05) is 39.3 Å². The zero-order valence-corrected chi connectivity index (χ0v) is 12.6. The quantitative estimate of drug-likeness (QED) is 0.877. The van der Waals surface area contributed by atoms with Crippen LogP contribution in [-0.2, 0) is 17.9 Å². The van der Waals surface area contributed by atoms with Crippen LogP contribution in [0.4, 0.5) is 0 Å². The maximum absolute atomic E-state index is 11.0. The molecule has 2 rings (SSSR count). The minimum atomic E-state index is -0.855. The Morgan fingerprint density at radius 2 is 2.05 bits per heavy atom. The van der Waals surface area contributed by atoms with E-state index in [1.807, 2.05) is 36.1 Å². The van der Waals surface area contributed by atoms with Gasteiger partial charge >= 0.3 is 5.97 Å². The lowest BCUT2D eigenvalue weighted by atomic mass is 10.2. The molecule has 5 nitrogen and oxygen atoms in total. The number of aryl methyl sites for hydroxylation is 1. The number of carboxylic acids is 1. The molecule has 1 N–H and O–H groups in total. The zero-order valence-electron chi connectivity index (χ0n) is 11.0. The summed E-state index contributed by atoms with van der Waals surface area (Å²) in [7, 11) is 0. The first kappa shape index (κ1) is 14.7. The molecule has 1 aromatic heterocycles. The van der Waals surface area contributed by atoms with Crippen LogP contribution in [0.25, 0.3) is 0 Å². The molecular weight excluding hydrogens is 324 g/mol. The maximum atomic E-state index is 11.0. The summed E-state index contributed by atoms with van der Waals surface area (Å²) in [5, 5.41) is 12.9. The summed E-state index contributed by atoms with van der Waals surface area (Å²) in [6.45, 7) is 2.84. The number of halogens is 1. The zero-order chi connectivity index (χ0) is 14.5. The standard InChI is InChI=1S/C14H15BrN2O3/c1-10-12(9-20-16-10)7-17(8-14(18)19)6-11-4-2-3-5-13(11)15/h2-5,9H,6-8H2,1H3,(H,18,19). The van der Waals surface area contributed by atoms with Gasteiger partial charge in [0.15, 0.2) is 0 Å². The second kappa shape index (κ2) is 6.67. The van der Waals surface area contributed by atoms with Gasteiger partial charge in [0, 0.05) is 23.1 Å². The van der Waals surface area contributed by atoms with Gasteiger partial charge in [-0.15, -0.1) is 0 Å². The average Bonchev–Trinajstić information content (AvgIpc) is 2.77. The molecule has 0 radical (unpaired) electrons. The average molecular weight is 339 g/mol. The molecule has 2 aromatic rings. The molecular formula is C14H15BrN2O3. The van der Waals surface area contributed by atoms with Crippen LogP contribution < -0.4 is 0 Å². The van der Waals surface area contributed by atoms with Gasteiger partial charge < -0.3 is 9.63 Å². The lowest BCUT2D eigenvalue weighted by molar-refractivity contribution is -0.138. The monoisotopic (exact) mass is 338 g/mol. The van der Waals surface area contributed by atoms with Crippen LogP contribution in [0, 0.1) is 6.92 Å². The van der Waals surface area contributed by atoms with Gasteiger partial charge in [0.2, 0.25) is 0 Å². The van der Waals surface area contributed by atoms with Crippen molar-refractivity contribution in [2.24, 2.45) is 0 Å². The fourth-order valence-corrected chi connectivity index (χ4v) is 2.34. The number of carboxylic acid groups (broad SMARTS) is 1. The molecule has 106 valence electrons. The number of hydrogen-bond acceptors (Lipinski definition) is 4. The van der Waals surface area contributed by atoms with Gasteiger partial charge in [-0.25, -0.2) is 0 Å². The molecule has 0 fully saturated rings. The van der Waals surface area contributed by atoms with E-state index in [1.165, 1.54) is 0 Å². The van der Waals surface area contributed by atoms with E-state index in [4.69, 9.17) is 9.63 Å². The number of hydrogen-bond donors (Lipinski definition) is 1. The van der Waals surface area contributed by atoms with Crippen molar-refractivity contribution in [3.8, 4) is 0 Å². The van der Waals surface area contributed by atoms with E-state index in [0.29, 0.717) is 13.1 Å². The van der Waals surface area contributed by atoms with Crippen molar-refractivity contribution in [3.05, 3.63) is 51.8 Å². The SMILES string of the molecule is Cc1nocc1CN(CC(=O)O)Cc1ccccc1Br. The first-order valence-electron chi connectivity index (χ1n) is 6.13. The smallest absolute Gasteiger partial charge is 0.317 e. The lowest BCUT2D eigenvalue weighted by Gasteiger charge is -2.20. The van der Waals surface area contributed by atoms with E-state index in [-0.39, 0.29) is 6.54 Å². The van der Waals surface area contributed by atoms with Crippen LogP contribution in [0.15, 0.2) is 39.5 Å². The summed E-state index contributed by atoms with van der Waals surface area (Å²) < 4.78 is 5.86. The third kappa shape index (κ3) is 3.91. The van der Waals surface area contributed by atoms with E-state index in [9.17, 15) is 4.79 Å². The van der Waals surface area contributed by atoms with Crippen molar-refractivity contribution in [3.63, 3.8) is 0 Å². The lowest BCUT2D eigenvalue weighted by Crippen LogP contribution is -2.29. The molecule has 0 atom stereocenters. The van der Waals surface area contributed by atoms with Gasteiger partial charge in [0.1, 0.15) is 6.26 Å². The van der Waals surface area contributed by atoms with Crippen LogP contribution in [-0.4, -0.2) is 27.7 Å². The summed E-state index contributed by atoms with van der Waals surface area (Å²) in [6.07, 6.45) is 1.56. The molecule has 0 aliphatic heterocycles. The van der Waals surface area contributed by atoms with Crippen molar-refractivity contribution in [2.45, 2.75) is 20.0 Å². The van der Waals surface area contributed by atoms with Crippen LogP contribution in [0.3, 0.4) is 0 Å². The van der Waals surface area contributed by atoms with E-state index < -0.39 is 5.97 Å². The molecule has 0 spiro atoms. The molecule has 0 saturated carbocycles. The van der Waals surface area contributed by atoms with E-state index >= 15 is 0 Å². The van der Waals surface area contributed by atoms with Crippen molar-refractivity contribution in [1.82, 2.24) is 10.1 Å². The van der Waals surface area contributed by atoms with Crippen molar-refractivity contribution < 1.29 is 14.4 Å². The van der Waals surface area contributed by atoms with Crippen molar-refractivity contribution >= 4 is 21.9 Å². The van der Waals surface area contributed by atoms with Gasteiger partial charge in [0.25, 0.3) is 0 Å². The first-order chi connectivity index (χ1) is 9.56. The number of nitrogens with zero attached hydrogens (tertiary/aromatic N) is 2. The summed E-state index contributed by atoms with van der Waals surface area (Å²) in [5.74, 6) is -0.855. The largest absolute Gasteiger partial charge is 0.480 e. The number of rotatable bonds is 6. The van der Waals surface area contributed by atoms with Crippen LogP contribution in [0.5, 0.6) is 0 Å². The summed E-state index contributed by atoms with van der Waals surface area (Å²) in [5.41, 5.74) is 2.73. The second-order valence-corrected chi connectivity index (χ2v) is 5.41. The Hall–Kier alpha value is -1.66. The summed E-state index contributed by atoms with van der Waals surface area (Å²) >= 11 is 3.48. The molecule has 0 saturated heterocycles. The van der Waals surface area contributed by atoms with E-state index in [1.54, 1.807) is 6.26 Å². The number of carbonyl (C=O) groups is 1. The van der Waals surface area contributed by atoms with Crippen LogP contribution >= 0.6 is 15.9 Å². The normalized spacial score (nSPS) is 10.9. The summed E-state index contributed by atoms with van der Waals surface area (Å²) in [6, 6.07) is 7.78. The predicted octanol–water partition coefficient (Wildman–Crippen LogP) is 2.83. The first-order valence-corrected chi connectivity index (χ1v) is 6.93. The Labute approximate surface area is 125 Å². The van der Waals surface area contributed by atoms with Gasteiger partial charge in [-0.3, -0.25) is 9.69 Å². The molecule has 6 heteroatoms. The summed E-state index contributed by atoms with van der Waals surface area (Å²) in [4.78, 5) is 12.8. The van der Waals surface area contributed by atoms with Gasteiger partial charge in [0.05, 0.1) is 12.2 Å². The molecule has 0 bridgehead atoms. The van der Waals surface area contributed by atoms with E-state index in [0.717, 1.165) is 21.3 Å². The molecule has 1 heterocycles. The fraction of sp³-hybridized carbons (Fsp3) is 0.286. The third-order valence-corrected chi connectivity index (χ3v) is 3.73. The maximum Gasteiger partial charge on any atom is 0.317 e. The topological polar surface area (TPSA) is 66.6 Å².